The molecule has 3 aromatic rings. The number of imidazole rings is 1. The Balaban J connectivity index is 1.95. The molecule has 4 heteroatoms. The molecule has 0 spiro atoms. The van der Waals surface area contributed by atoms with Gasteiger partial charge in [0.15, 0.2) is 0 Å². The summed E-state index contributed by atoms with van der Waals surface area (Å²) in [6, 6.07) is 13.3. The van der Waals surface area contributed by atoms with Gasteiger partial charge in [-0.25, -0.2) is 4.98 Å². The molecule has 2 aromatic heterocycles. The van der Waals surface area contributed by atoms with Gasteiger partial charge >= 0.3 is 0 Å². The molecule has 3 rings (SSSR count). The highest BCUT2D eigenvalue weighted by molar-refractivity contribution is 5.60. The minimum atomic E-state index is 0.649. The lowest BCUT2D eigenvalue weighted by Crippen LogP contribution is -1.89. The maximum atomic E-state index is 8.78. The fraction of sp³-hybridized carbons (Fsp3) is 0. The van der Waals surface area contributed by atoms with Gasteiger partial charge in [0, 0.05) is 18.0 Å². The predicted octanol–water partition coefficient (Wildman–Crippen LogP) is 2.81. The molecule has 0 saturated heterocycles. The van der Waals surface area contributed by atoms with Gasteiger partial charge in [0.1, 0.15) is 0 Å². The lowest BCUT2D eigenvalue weighted by atomic mass is 10.1. The summed E-state index contributed by atoms with van der Waals surface area (Å²) in [7, 11) is 0. The molecule has 0 aliphatic heterocycles. The van der Waals surface area contributed by atoms with Crippen molar-refractivity contribution in [1.82, 2.24) is 14.5 Å². The Kier molecular flexibility index (Phi) is 2.79. The molecule has 19 heavy (non-hydrogen) atoms. The van der Waals surface area contributed by atoms with Crippen molar-refractivity contribution in [3.8, 4) is 23.0 Å². The maximum absolute atomic E-state index is 8.78. The molecule has 0 amide bonds. The van der Waals surface area contributed by atoms with Gasteiger partial charge in [0.25, 0.3) is 0 Å². The first-order valence-electron chi connectivity index (χ1n) is 5.82. The number of hydrogen-bond acceptors (Lipinski definition) is 3. The Hall–Kier alpha value is -2.93. The second-order valence-corrected chi connectivity index (χ2v) is 4.07. The van der Waals surface area contributed by atoms with Crippen LogP contribution in [0, 0.1) is 11.3 Å². The molecule has 90 valence electrons. The third-order valence-corrected chi connectivity index (χ3v) is 2.84. The first kappa shape index (κ1) is 11.2. The fourth-order valence-electron chi connectivity index (χ4n) is 1.84. The lowest BCUT2D eigenvalue weighted by Gasteiger charge is -1.99. The Bertz CT molecular complexity index is 721. The zero-order valence-electron chi connectivity index (χ0n) is 10.1. The predicted molar refractivity (Wildman–Crippen MR) is 71.5 cm³/mol. The molecule has 0 N–H and O–H groups in total. The van der Waals surface area contributed by atoms with Gasteiger partial charge in [-0.15, -0.1) is 0 Å². The van der Waals surface area contributed by atoms with Gasteiger partial charge in [-0.2, -0.15) is 5.26 Å². The summed E-state index contributed by atoms with van der Waals surface area (Å²) in [6.07, 6.45) is 7.22. The summed E-state index contributed by atoms with van der Waals surface area (Å²) < 4.78 is 1.92. The van der Waals surface area contributed by atoms with Crippen LogP contribution in [-0.4, -0.2) is 14.5 Å². The van der Waals surface area contributed by atoms with E-state index in [4.69, 9.17) is 5.26 Å². The molecule has 0 aliphatic carbocycles. The van der Waals surface area contributed by atoms with Crippen LogP contribution in [0.25, 0.3) is 16.9 Å². The van der Waals surface area contributed by atoms with Crippen LogP contribution in [0.2, 0.25) is 0 Å². The van der Waals surface area contributed by atoms with Crippen molar-refractivity contribution >= 4 is 0 Å². The van der Waals surface area contributed by atoms with E-state index in [1.807, 2.05) is 35.0 Å². The van der Waals surface area contributed by atoms with E-state index in [2.05, 4.69) is 16.0 Å². The van der Waals surface area contributed by atoms with Crippen LogP contribution >= 0.6 is 0 Å². The topological polar surface area (TPSA) is 54.5 Å². The lowest BCUT2D eigenvalue weighted by molar-refractivity contribution is 1.04. The monoisotopic (exact) mass is 246 g/mol. The minimum absolute atomic E-state index is 0.649. The smallest absolute Gasteiger partial charge is 0.1000 e. The second-order valence-electron chi connectivity index (χ2n) is 4.07. The highest BCUT2D eigenvalue weighted by Crippen LogP contribution is 2.19. The average molecular weight is 246 g/mol. The van der Waals surface area contributed by atoms with Gasteiger partial charge in [-0.1, -0.05) is 12.1 Å². The molecule has 0 unspecified atom stereocenters. The molecule has 4 nitrogen and oxygen atoms in total. The van der Waals surface area contributed by atoms with Crippen LogP contribution in [0.1, 0.15) is 5.56 Å². The van der Waals surface area contributed by atoms with E-state index in [9.17, 15) is 0 Å². The summed E-state index contributed by atoms with van der Waals surface area (Å²) >= 11 is 0. The van der Waals surface area contributed by atoms with Crippen molar-refractivity contribution in [1.29, 1.82) is 5.26 Å². The van der Waals surface area contributed by atoms with Crippen LogP contribution < -0.4 is 0 Å². The van der Waals surface area contributed by atoms with E-state index in [1.54, 1.807) is 30.9 Å². The van der Waals surface area contributed by atoms with Crippen LogP contribution in [-0.2, 0) is 0 Å². The highest BCUT2D eigenvalue weighted by Gasteiger charge is 2.03. The Morgan fingerprint density at radius 3 is 2.63 bits per heavy atom. The van der Waals surface area contributed by atoms with Gasteiger partial charge < -0.3 is 4.57 Å². The Labute approximate surface area is 110 Å². The van der Waals surface area contributed by atoms with Gasteiger partial charge in [-0.3, -0.25) is 4.98 Å². The quantitative estimate of drug-likeness (QED) is 0.698. The summed E-state index contributed by atoms with van der Waals surface area (Å²) in [5.41, 5.74) is 3.47. The highest BCUT2D eigenvalue weighted by atomic mass is 15.0. The third-order valence-electron chi connectivity index (χ3n) is 2.84. The van der Waals surface area contributed by atoms with E-state index in [0.29, 0.717) is 5.56 Å². The van der Waals surface area contributed by atoms with Gasteiger partial charge in [-0.05, 0) is 24.3 Å². The number of rotatable bonds is 2. The fourth-order valence-corrected chi connectivity index (χ4v) is 1.84. The van der Waals surface area contributed by atoms with Crippen LogP contribution in [0.15, 0.2) is 61.3 Å². The first-order valence-corrected chi connectivity index (χ1v) is 5.82. The number of aromatic nitrogens is 3. The molecule has 0 saturated carbocycles. The number of pyridine rings is 1. The van der Waals surface area contributed by atoms with Crippen molar-refractivity contribution in [2.24, 2.45) is 0 Å². The molecule has 0 atom stereocenters. The van der Waals surface area contributed by atoms with E-state index < -0.39 is 0 Å². The zero-order valence-corrected chi connectivity index (χ0v) is 10.1. The molecule has 1 aromatic carbocycles. The molecule has 0 radical (unpaired) electrons. The average Bonchev–Trinajstić information content (AvgIpc) is 2.98. The van der Waals surface area contributed by atoms with Crippen molar-refractivity contribution < 1.29 is 0 Å². The number of nitrogens with zero attached hydrogens (tertiary/aromatic N) is 4. The van der Waals surface area contributed by atoms with Gasteiger partial charge in [0.05, 0.1) is 35.5 Å². The minimum Gasteiger partial charge on any atom is -0.304 e. The molecule has 0 aliphatic rings. The van der Waals surface area contributed by atoms with Crippen molar-refractivity contribution in [2.75, 3.05) is 0 Å². The zero-order chi connectivity index (χ0) is 13.1. The largest absolute Gasteiger partial charge is 0.304 e. The maximum Gasteiger partial charge on any atom is 0.1000 e. The Morgan fingerprint density at radius 1 is 1.11 bits per heavy atom. The number of nitriles is 1. The third kappa shape index (κ3) is 2.22. The second kappa shape index (κ2) is 4.75. The van der Waals surface area contributed by atoms with Crippen molar-refractivity contribution in [3.05, 3.63) is 66.9 Å². The van der Waals surface area contributed by atoms with E-state index in [1.165, 1.54) is 0 Å². The summed E-state index contributed by atoms with van der Waals surface area (Å²) in [4.78, 5) is 8.45. The Morgan fingerprint density at radius 2 is 1.95 bits per heavy atom. The van der Waals surface area contributed by atoms with E-state index >= 15 is 0 Å². The summed E-state index contributed by atoms with van der Waals surface area (Å²) in [5, 5.41) is 8.78. The molecule has 0 fully saturated rings. The van der Waals surface area contributed by atoms with E-state index in [0.717, 1.165) is 16.9 Å². The number of benzene rings is 1. The van der Waals surface area contributed by atoms with Crippen molar-refractivity contribution in [2.45, 2.75) is 0 Å². The van der Waals surface area contributed by atoms with Crippen LogP contribution in [0.3, 0.4) is 0 Å². The molecule has 0 bridgehead atoms. The summed E-state index contributed by atoms with van der Waals surface area (Å²) in [5.74, 6) is 0. The standard InChI is InChI=1S/C15H10N4/c16-8-12-3-5-13(6-4-12)15-10-19(11-18-15)14-2-1-7-17-9-14/h1-7,9-11H. The van der Waals surface area contributed by atoms with Crippen LogP contribution in [0.4, 0.5) is 0 Å². The molecular weight excluding hydrogens is 236 g/mol. The summed E-state index contributed by atoms with van der Waals surface area (Å²) in [6.45, 7) is 0. The first-order chi connectivity index (χ1) is 9.36. The van der Waals surface area contributed by atoms with Crippen molar-refractivity contribution in [3.63, 3.8) is 0 Å². The SMILES string of the molecule is N#Cc1ccc(-c2cn(-c3cccnc3)cn2)cc1. The number of hydrogen-bond donors (Lipinski definition) is 0. The molecule has 2 heterocycles. The normalized spacial score (nSPS) is 10.1. The van der Waals surface area contributed by atoms with Crippen LogP contribution in [0.5, 0.6) is 0 Å². The van der Waals surface area contributed by atoms with E-state index in [-0.39, 0.29) is 0 Å². The molecular formula is C15H10N4. The van der Waals surface area contributed by atoms with Gasteiger partial charge in [0.2, 0.25) is 0 Å².